The largest absolute Gasteiger partial charge is 0.454 e. The van der Waals surface area contributed by atoms with Gasteiger partial charge in [-0.3, -0.25) is 0 Å². The highest BCUT2D eigenvalue weighted by molar-refractivity contribution is 9.13. The lowest BCUT2D eigenvalue weighted by atomic mass is 10.2. The molecular weight excluding hydrogens is 517 g/mol. The van der Waals surface area contributed by atoms with Crippen LogP contribution >= 0.6 is 55.1 Å². The zero-order valence-electron chi connectivity index (χ0n) is 13.7. The van der Waals surface area contributed by atoms with Gasteiger partial charge >= 0.3 is 5.69 Å². The maximum Gasteiger partial charge on any atom is 0.431 e. The molecule has 0 spiro atoms. The second-order valence-electron chi connectivity index (χ2n) is 5.49. The molecule has 0 aliphatic rings. The van der Waals surface area contributed by atoms with Crippen LogP contribution in [0.4, 0.5) is 11.4 Å². The average molecular weight is 529 g/mol. The van der Waals surface area contributed by atoms with Crippen molar-refractivity contribution in [3.05, 3.63) is 84.1 Å². The van der Waals surface area contributed by atoms with Crippen molar-refractivity contribution in [2.45, 2.75) is 6.54 Å². The monoisotopic (exact) mass is 526 g/mol. The molecule has 3 aromatic carbocycles. The van der Waals surface area contributed by atoms with Gasteiger partial charge < -0.3 is 10.1 Å². The van der Waals surface area contributed by atoms with Gasteiger partial charge in [0.05, 0.1) is 8.95 Å². The maximum atomic E-state index is 9.53. The van der Waals surface area contributed by atoms with Gasteiger partial charge in [-0.2, -0.15) is 0 Å². The highest BCUT2D eigenvalue weighted by atomic mass is 79.9. The fourth-order valence-electron chi connectivity index (χ4n) is 2.39. The fourth-order valence-corrected chi connectivity index (χ4v) is 3.70. The Balaban J connectivity index is 2.05. The van der Waals surface area contributed by atoms with Crippen molar-refractivity contribution >= 4 is 66.4 Å². The lowest BCUT2D eigenvalue weighted by molar-refractivity contribution is 0.481. The Labute approximate surface area is 183 Å². The molecule has 0 aromatic heterocycles. The third kappa shape index (κ3) is 4.56. The van der Waals surface area contributed by atoms with Gasteiger partial charge in [0.1, 0.15) is 5.75 Å². The summed E-state index contributed by atoms with van der Waals surface area (Å²) in [6, 6.07) is 16.8. The van der Waals surface area contributed by atoms with E-state index in [0.717, 1.165) is 5.56 Å². The first-order valence-electron chi connectivity index (χ1n) is 7.78. The number of diazo groups is 1. The molecule has 3 aromatic rings. The third-order valence-corrected chi connectivity index (χ3v) is 6.63. The number of rotatable bonds is 5. The fraction of sp³-hybridized carbons (Fsp3) is 0.0526. The van der Waals surface area contributed by atoms with Crippen LogP contribution in [0.2, 0.25) is 10.0 Å². The molecule has 0 saturated heterocycles. The van der Waals surface area contributed by atoms with Crippen LogP contribution in [0.3, 0.4) is 0 Å². The predicted octanol–water partition coefficient (Wildman–Crippen LogP) is 8.41. The van der Waals surface area contributed by atoms with Gasteiger partial charge in [-0.05, 0) is 61.7 Å². The molecule has 0 fully saturated rings. The van der Waals surface area contributed by atoms with Crippen LogP contribution in [0.15, 0.2) is 63.5 Å². The Morgan fingerprint density at radius 3 is 2.26 bits per heavy atom. The number of nitrogens with zero attached hydrogens (tertiary/aromatic N) is 2. The van der Waals surface area contributed by atoms with Crippen LogP contribution in [0.1, 0.15) is 5.56 Å². The molecule has 0 atom stereocenters. The number of anilines is 1. The molecule has 0 unspecified atom stereocenters. The van der Waals surface area contributed by atoms with Gasteiger partial charge in [-0.25, -0.2) is 0 Å². The minimum absolute atomic E-state index is 0.173. The zero-order valence-corrected chi connectivity index (χ0v) is 18.4. The van der Waals surface area contributed by atoms with Gasteiger partial charge in [0, 0.05) is 11.6 Å². The van der Waals surface area contributed by atoms with Gasteiger partial charge in [0.25, 0.3) is 0 Å². The highest BCUT2D eigenvalue weighted by Gasteiger charge is 2.31. The summed E-state index contributed by atoms with van der Waals surface area (Å²) in [6.07, 6.45) is 0. The summed E-state index contributed by atoms with van der Waals surface area (Å²) in [5.74, 6) is 0.998. The van der Waals surface area contributed by atoms with E-state index in [0.29, 0.717) is 37.7 Å². The Morgan fingerprint density at radius 1 is 0.963 bits per heavy atom. The van der Waals surface area contributed by atoms with Crippen molar-refractivity contribution in [1.82, 2.24) is 0 Å². The molecule has 0 amide bonds. The average Bonchev–Trinajstić information content (AvgIpc) is 2.69. The van der Waals surface area contributed by atoms with E-state index in [1.54, 1.807) is 24.3 Å². The van der Waals surface area contributed by atoms with Crippen molar-refractivity contribution in [2.75, 3.05) is 5.32 Å². The van der Waals surface area contributed by atoms with Gasteiger partial charge in [-0.15, -0.1) is 0 Å². The molecule has 3 rings (SSSR count). The van der Waals surface area contributed by atoms with Crippen LogP contribution in [0.25, 0.3) is 4.98 Å². The van der Waals surface area contributed by atoms with E-state index in [1.165, 1.54) is 0 Å². The summed E-state index contributed by atoms with van der Waals surface area (Å²) >= 11 is 19.2. The minimum Gasteiger partial charge on any atom is -0.454 e. The number of hydrogen-bond acceptors (Lipinski definition) is 3. The first kappa shape index (κ1) is 20.0. The standard InChI is InChI=1S/C19H12Br2Cl2N3O/c20-14-15(21)19(27-13-8-6-12(22)7-9-13)18(17(26-24)16(14)23)25-10-11-4-2-1-3-5-11/h1-9,25H,10H2/q+1. The number of benzene rings is 3. The first-order chi connectivity index (χ1) is 13.0. The molecule has 4 nitrogen and oxygen atoms in total. The van der Waals surface area contributed by atoms with E-state index in [1.807, 2.05) is 30.3 Å². The third-order valence-electron chi connectivity index (χ3n) is 3.70. The molecular formula is C19H12Br2Cl2N3O+. The lowest BCUT2D eigenvalue weighted by Crippen LogP contribution is -2.02. The Bertz CT molecular complexity index is 1010. The summed E-state index contributed by atoms with van der Waals surface area (Å²) in [5, 5.41) is 13.6. The normalized spacial score (nSPS) is 10.3. The quantitative estimate of drug-likeness (QED) is 0.267. The van der Waals surface area contributed by atoms with Gasteiger partial charge in [0.15, 0.2) is 21.4 Å². The molecule has 0 bridgehead atoms. The van der Waals surface area contributed by atoms with Crippen molar-refractivity contribution in [3.63, 3.8) is 0 Å². The van der Waals surface area contributed by atoms with E-state index in [4.69, 9.17) is 27.9 Å². The van der Waals surface area contributed by atoms with E-state index < -0.39 is 0 Å². The van der Waals surface area contributed by atoms with Gasteiger partial charge in [-0.1, -0.05) is 53.5 Å². The first-order valence-corrected chi connectivity index (χ1v) is 10.1. The van der Waals surface area contributed by atoms with Gasteiger partial charge in [0.2, 0.25) is 5.39 Å². The van der Waals surface area contributed by atoms with Crippen molar-refractivity contribution in [3.8, 4) is 11.5 Å². The molecule has 0 radical (unpaired) electrons. The van der Waals surface area contributed by atoms with Crippen molar-refractivity contribution in [2.24, 2.45) is 0 Å². The smallest absolute Gasteiger partial charge is 0.431 e. The second-order valence-corrected chi connectivity index (χ2v) is 7.89. The maximum absolute atomic E-state index is 9.53. The molecule has 27 heavy (non-hydrogen) atoms. The van der Waals surface area contributed by atoms with Crippen LogP contribution in [0.5, 0.6) is 11.5 Å². The van der Waals surface area contributed by atoms with Crippen molar-refractivity contribution in [1.29, 1.82) is 5.39 Å². The Kier molecular flexibility index (Phi) is 6.61. The summed E-state index contributed by atoms with van der Waals surface area (Å²) < 4.78 is 7.14. The number of hydrogen-bond donors (Lipinski definition) is 1. The molecule has 0 aliphatic heterocycles. The van der Waals surface area contributed by atoms with E-state index in [2.05, 4.69) is 42.2 Å². The highest BCUT2D eigenvalue weighted by Crippen LogP contribution is 2.52. The molecule has 0 saturated carbocycles. The molecule has 8 heteroatoms. The molecule has 1 N–H and O–H groups in total. The molecule has 0 aliphatic carbocycles. The van der Waals surface area contributed by atoms with E-state index in [-0.39, 0.29) is 10.7 Å². The van der Waals surface area contributed by atoms with Crippen molar-refractivity contribution < 1.29 is 4.74 Å². The summed E-state index contributed by atoms with van der Waals surface area (Å²) in [7, 11) is 0. The lowest BCUT2D eigenvalue weighted by Gasteiger charge is -2.15. The van der Waals surface area contributed by atoms with Crippen LogP contribution in [-0.4, -0.2) is 0 Å². The zero-order chi connectivity index (χ0) is 19.4. The van der Waals surface area contributed by atoms with Crippen LogP contribution in [0, 0.1) is 5.39 Å². The van der Waals surface area contributed by atoms with Crippen LogP contribution in [-0.2, 0) is 6.54 Å². The summed E-state index contributed by atoms with van der Waals surface area (Å²) in [4.78, 5) is 3.35. The molecule has 136 valence electrons. The summed E-state index contributed by atoms with van der Waals surface area (Å²) in [6.45, 7) is 0.491. The number of ether oxygens (including phenoxy) is 1. The van der Waals surface area contributed by atoms with E-state index in [9.17, 15) is 5.39 Å². The Morgan fingerprint density at radius 2 is 1.63 bits per heavy atom. The second kappa shape index (κ2) is 8.94. The SMILES string of the molecule is N#[N+]c1c(Cl)c(Br)c(Br)c(Oc2ccc(Cl)cc2)c1NCc1ccccc1. The minimum atomic E-state index is 0.173. The van der Waals surface area contributed by atoms with E-state index >= 15 is 0 Å². The topological polar surface area (TPSA) is 49.4 Å². The Hall–Kier alpha value is -1.78. The summed E-state index contributed by atoms with van der Waals surface area (Å²) in [5.41, 5.74) is 1.68. The number of nitrogens with one attached hydrogen (secondary N) is 1. The van der Waals surface area contributed by atoms with Crippen LogP contribution < -0.4 is 10.1 Å². The molecule has 0 heterocycles. The predicted molar refractivity (Wildman–Crippen MR) is 117 cm³/mol. The number of halogens is 4.